The van der Waals surface area contributed by atoms with E-state index in [-0.39, 0.29) is 21.4 Å². The van der Waals surface area contributed by atoms with Crippen molar-refractivity contribution in [3.63, 3.8) is 0 Å². The van der Waals surface area contributed by atoms with Crippen LogP contribution in [0.5, 0.6) is 0 Å². The molecule has 1 saturated carbocycles. The highest BCUT2D eigenvalue weighted by molar-refractivity contribution is 8.15. The summed E-state index contributed by atoms with van der Waals surface area (Å²) in [5.41, 5.74) is 11.8. The van der Waals surface area contributed by atoms with Crippen LogP contribution in [-0.4, -0.2) is 31.6 Å². The normalized spacial score (nSPS) is 30.7. The predicted molar refractivity (Wildman–Crippen MR) is 93.3 cm³/mol. The van der Waals surface area contributed by atoms with Gasteiger partial charge in [0, 0.05) is 28.1 Å². The van der Waals surface area contributed by atoms with E-state index in [9.17, 15) is 8.78 Å². The lowest BCUT2D eigenvalue weighted by Gasteiger charge is -2.35. The maximum atomic E-state index is 14.5. The highest BCUT2D eigenvalue weighted by Crippen LogP contribution is 2.66. The van der Waals surface area contributed by atoms with Crippen LogP contribution in [0, 0.1) is 18.7 Å². The fraction of sp³-hybridized carbons (Fsp3) is 0.438. The van der Waals surface area contributed by atoms with E-state index in [0.29, 0.717) is 18.7 Å². The van der Waals surface area contributed by atoms with E-state index in [1.54, 1.807) is 4.68 Å². The number of aromatic nitrogens is 3. The lowest BCUT2D eigenvalue weighted by molar-refractivity contribution is 0.259. The van der Waals surface area contributed by atoms with E-state index in [0.717, 1.165) is 5.69 Å². The Hall–Kier alpha value is -2.16. The van der Waals surface area contributed by atoms with Crippen molar-refractivity contribution >= 4 is 22.6 Å². The van der Waals surface area contributed by atoms with Gasteiger partial charge in [-0.3, -0.25) is 4.68 Å². The molecule has 0 bridgehead atoms. The van der Waals surface area contributed by atoms with Gasteiger partial charge < -0.3 is 11.5 Å². The first-order valence-corrected chi connectivity index (χ1v) is 8.73. The summed E-state index contributed by atoms with van der Waals surface area (Å²) in [5, 5.41) is 8.31. The molecule has 0 unspecified atom stereocenters. The Morgan fingerprint density at radius 3 is 2.88 bits per heavy atom. The Labute approximate surface area is 147 Å². The van der Waals surface area contributed by atoms with Crippen molar-refractivity contribution in [2.45, 2.75) is 30.2 Å². The molecule has 132 valence electrons. The van der Waals surface area contributed by atoms with Crippen LogP contribution in [0.25, 0.3) is 0 Å². The average Bonchev–Trinajstić information content (AvgIpc) is 3.14. The van der Waals surface area contributed by atoms with Gasteiger partial charge in [0.05, 0.1) is 12.2 Å². The molecule has 4 N–H and O–H groups in total. The monoisotopic (exact) mass is 364 g/mol. The Balaban J connectivity index is 1.76. The lowest BCUT2D eigenvalue weighted by Crippen LogP contribution is -2.41. The smallest absolute Gasteiger partial charge is 0.155 e. The van der Waals surface area contributed by atoms with Crippen LogP contribution in [0.3, 0.4) is 0 Å². The van der Waals surface area contributed by atoms with Crippen LogP contribution in [-0.2, 0) is 12.1 Å². The molecule has 0 radical (unpaired) electrons. The van der Waals surface area contributed by atoms with Gasteiger partial charge in [0.2, 0.25) is 0 Å². The number of hydrogen-bond donors (Lipinski definition) is 2. The second-order valence-corrected chi connectivity index (χ2v) is 8.16. The Kier molecular flexibility index (Phi) is 3.54. The Morgan fingerprint density at radius 1 is 1.40 bits per heavy atom. The summed E-state index contributed by atoms with van der Waals surface area (Å²) in [7, 11) is 0. The summed E-state index contributed by atoms with van der Waals surface area (Å²) in [6, 6.07) is 4.17. The number of aryl methyl sites for hydroxylation is 1. The molecule has 6 nitrogen and oxygen atoms in total. The van der Waals surface area contributed by atoms with Crippen molar-refractivity contribution in [2.24, 2.45) is 16.6 Å². The van der Waals surface area contributed by atoms with Gasteiger partial charge in [0.1, 0.15) is 18.0 Å². The zero-order chi connectivity index (χ0) is 17.8. The molecule has 1 aromatic carbocycles. The number of amidine groups is 1. The molecule has 0 saturated heterocycles. The largest absolute Gasteiger partial charge is 0.399 e. The van der Waals surface area contributed by atoms with Gasteiger partial charge in [0.15, 0.2) is 5.17 Å². The first-order valence-electron chi connectivity index (χ1n) is 7.91. The molecular formula is C16H18F2N6S. The molecule has 2 aliphatic rings. The minimum absolute atomic E-state index is 0.167. The minimum atomic E-state index is -1.34. The Bertz CT molecular complexity index is 868. The van der Waals surface area contributed by atoms with Crippen molar-refractivity contribution in [1.29, 1.82) is 0 Å². The second kappa shape index (κ2) is 5.42. The van der Waals surface area contributed by atoms with Gasteiger partial charge >= 0.3 is 0 Å². The number of hydrogen-bond acceptors (Lipinski definition) is 6. The predicted octanol–water partition coefficient (Wildman–Crippen LogP) is 1.99. The molecule has 0 amide bonds. The molecule has 2 heterocycles. The average molecular weight is 364 g/mol. The van der Waals surface area contributed by atoms with E-state index in [2.05, 4.69) is 15.3 Å². The number of halogens is 2. The summed E-state index contributed by atoms with van der Waals surface area (Å²) in [4.78, 5) is 4.36. The first-order chi connectivity index (χ1) is 11.9. The van der Waals surface area contributed by atoms with Crippen molar-refractivity contribution in [3.05, 3.63) is 41.5 Å². The fourth-order valence-electron chi connectivity index (χ4n) is 3.78. The molecule has 3 atom stereocenters. The van der Waals surface area contributed by atoms with Gasteiger partial charge in [-0.05, 0) is 31.5 Å². The summed E-state index contributed by atoms with van der Waals surface area (Å²) in [6.07, 6.45) is 2.49. The van der Waals surface area contributed by atoms with Crippen molar-refractivity contribution < 1.29 is 8.78 Å². The zero-order valence-corrected chi connectivity index (χ0v) is 14.4. The van der Waals surface area contributed by atoms with Crippen LogP contribution in [0.2, 0.25) is 0 Å². The third-order valence-electron chi connectivity index (χ3n) is 4.96. The van der Waals surface area contributed by atoms with E-state index in [1.807, 2.05) is 13.1 Å². The summed E-state index contributed by atoms with van der Waals surface area (Å²) in [5.74, 6) is -0.712. The summed E-state index contributed by atoms with van der Waals surface area (Å²) >= 11 is 1.41. The quantitative estimate of drug-likeness (QED) is 0.809. The third-order valence-corrected chi connectivity index (χ3v) is 6.25. The van der Waals surface area contributed by atoms with Crippen molar-refractivity contribution in [2.75, 3.05) is 12.4 Å². The number of aliphatic imine (C=N–C) groups is 1. The van der Waals surface area contributed by atoms with E-state index in [1.165, 1.54) is 30.0 Å². The maximum Gasteiger partial charge on any atom is 0.155 e. The van der Waals surface area contributed by atoms with E-state index < -0.39 is 18.0 Å². The molecule has 1 aliphatic carbocycles. The Morgan fingerprint density at radius 2 is 2.20 bits per heavy atom. The zero-order valence-electron chi connectivity index (χ0n) is 13.6. The number of anilines is 1. The van der Waals surface area contributed by atoms with Crippen molar-refractivity contribution in [1.82, 2.24) is 15.0 Å². The molecule has 0 spiro atoms. The summed E-state index contributed by atoms with van der Waals surface area (Å²) in [6.45, 7) is 1.53. The van der Waals surface area contributed by atoms with E-state index >= 15 is 0 Å². The second-order valence-electron chi connectivity index (χ2n) is 6.73. The number of thioether (sulfide) groups is 1. The fourth-order valence-corrected chi connectivity index (χ4v) is 5.19. The number of alkyl halides is 1. The summed E-state index contributed by atoms with van der Waals surface area (Å²) < 4.78 is 30.1. The molecule has 25 heavy (non-hydrogen) atoms. The minimum Gasteiger partial charge on any atom is -0.399 e. The van der Waals surface area contributed by atoms with Crippen LogP contribution >= 0.6 is 11.8 Å². The number of nitrogens with two attached hydrogens (primary N) is 2. The molecule has 1 aromatic heterocycles. The molecular weight excluding hydrogens is 346 g/mol. The molecule has 2 aromatic rings. The standard InChI is InChI=1S/C16H18F2N6S/c1-9-6-24(23-22-9)8-15-5-13(15)16(7-17,21-14(20)25-15)11-4-10(19)2-3-12(11)18/h2-4,6,13H,5,7-8,19H2,1H3,(H2,20,21)/t13-,15-,16-/m1/s1. The van der Waals surface area contributed by atoms with Crippen LogP contribution in [0.4, 0.5) is 14.5 Å². The molecule has 1 aliphatic heterocycles. The molecule has 4 rings (SSSR count). The van der Waals surface area contributed by atoms with Crippen molar-refractivity contribution in [3.8, 4) is 0 Å². The molecule has 9 heteroatoms. The van der Waals surface area contributed by atoms with Crippen LogP contribution in [0.15, 0.2) is 29.4 Å². The van der Waals surface area contributed by atoms with Crippen LogP contribution in [0.1, 0.15) is 17.7 Å². The number of nitrogens with zero attached hydrogens (tertiary/aromatic N) is 4. The topological polar surface area (TPSA) is 95.1 Å². The van der Waals surface area contributed by atoms with Gasteiger partial charge in [-0.1, -0.05) is 17.0 Å². The SMILES string of the molecule is Cc1cn(C[C@]23C[C@H]2[C@@](CF)(c2cc(N)ccc2F)N=C(N)S3)nn1. The lowest BCUT2D eigenvalue weighted by atomic mass is 9.84. The molecule has 1 fully saturated rings. The van der Waals surface area contributed by atoms with Gasteiger partial charge in [-0.25, -0.2) is 13.8 Å². The van der Waals surface area contributed by atoms with Gasteiger partial charge in [-0.15, -0.1) is 5.10 Å². The van der Waals surface area contributed by atoms with E-state index in [4.69, 9.17) is 11.5 Å². The van der Waals surface area contributed by atoms with Gasteiger partial charge in [0.25, 0.3) is 0 Å². The van der Waals surface area contributed by atoms with Gasteiger partial charge in [-0.2, -0.15) is 0 Å². The van der Waals surface area contributed by atoms with Crippen LogP contribution < -0.4 is 11.5 Å². The number of benzene rings is 1. The highest BCUT2D eigenvalue weighted by atomic mass is 32.2. The number of nitrogen functional groups attached to an aromatic ring is 1. The number of fused-ring (bicyclic) bond motifs is 1. The third kappa shape index (κ3) is 2.48. The first kappa shape index (κ1) is 16.3. The number of rotatable bonds is 4. The maximum absolute atomic E-state index is 14.5. The highest BCUT2D eigenvalue weighted by Gasteiger charge is 2.68.